The average molecular weight is 255 g/mol. The van der Waals surface area contributed by atoms with Crippen LogP contribution in [0.1, 0.15) is 17.2 Å². The van der Waals surface area contributed by atoms with E-state index in [4.69, 9.17) is 4.74 Å². The molecular weight excluding hydrogens is 234 g/mol. The van der Waals surface area contributed by atoms with Crippen LogP contribution in [0.5, 0.6) is 5.75 Å². The largest absolute Gasteiger partial charge is 0.497 e. The van der Waals surface area contributed by atoms with Crippen molar-refractivity contribution < 1.29 is 4.74 Å². The average Bonchev–Trinajstić information content (AvgIpc) is 2.46. The Bertz CT molecular complexity index is 490. The molecule has 0 bridgehead atoms. The third-order valence-electron chi connectivity index (χ3n) is 3.40. The van der Waals surface area contributed by atoms with Gasteiger partial charge in [0, 0.05) is 6.04 Å². The number of methoxy groups -OCH3 is 1. The first-order valence-corrected chi connectivity index (χ1v) is 6.55. The van der Waals surface area contributed by atoms with E-state index in [2.05, 4.69) is 61.5 Å². The minimum atomic E-state index is 0.398. The van der Waals surface area contributed by atoms with Crippen LogP contribution in [-0.2, 0) is 6.42 Å². The maximum atomic E-state index is 5.20. The van der Waals surface area contributed by atoms with E-state index in [-0.39, 0.29) is 0 Å². The van der Waals surface area contributed by atoms with Crippen molar-refractivity contribution in [2.24, 2.45) is 0 Å². The van der Waals surface area contributed by atoms with Gasteiger partial charge in [0.1, 0.15) is 5.75 Å². The Morgan fingerprint density at radius 1 is 0.947 bits per heavy atom. The van der Waals surface area contributed by atoms with E-state index in [1.54, 1.807) is 7.11 Å². The van der Waals surface area contributed by atoms with Gasteiger partial charge in [-0.1, -0.05) is 42.5 Å². The van der Waals surface area contributed by atoms with Crippen molar-refractivity contribution in [3.63, 3.8) is 0 Å². The summed E-state index contributed by atoms with van der Waals surface area (Å²) in [5.41, 5.74) is 2.67. The molecule has 19 heavy (non-hydrogen) atoms. The van der Waals surface area contributed by atoms with Crippen molar-refractivity contribution in [3.8, 4) is 5.75 Å². The number of nitrogens with zero attached hydrogens (tertiary/aromatic N) is 1. The molecule has 0 fully saturated rings. The van der Waals surface area contributed by atoms with Crippen LogP contribution in [0.15, 0.2) is 54.6 Å². The zero-order chi connectivity index (χ0) is 13.7. The van der Waals surface area contributed by atoms with Gasteiger partial charge in [-0.25, -0.2) is 0 Å². The van der Waals surface area contributed by atoms with E-state index in [9.17, 15) is 0 Å². The van der Waals surface area contributed by atoms with Crippen molar-refractivity contribution in [1.29, 1.82) is 0 Å². The maximum absolute atomic E-state index is 5.20. The fourth-order valence-corrected chi connectivity index (χ4v) is 2.26. The molecule has 0 saturated heterocycles. The number of benzene rings is 2. The van der Waals surface area contributed by atoms with Gasteiger partial charge in [-0.3, -0.25) is 0 Å². The van der Waals surface area contributed by atoms with E-state index >= 15 is 0 Å². The van der Waals surface area contributed by atoms with Crippen molar-refractivity contribution in [3.05, 3.63) is 65.7 Å². The first kappa shape index (κ1) is 13.6. The van der Waals surface area contributed by atoms with E-state index in [0.717, 1.165) is 12.2 Å². The van der Waals surface area contributed by atoms with Crippen molar-refractivity contribution in [2.75, 3.05) is 21.2 Å². The van der Waals surface area contributed by atoms with Crippen LogP contribution in [-0.4, -0.2) is 26.1 Å². The highest BCUT2D eigenvalue weighted by Gasteiger charge is 2.14. The summed E-state index contributed by atoms with van der Waals surface area (Å²) in [4.78, 5) is 2.26. The molecule has 2 aromatic rings. The minimum absolute atomic E-state index is 0.398. The van der Waals surface area contributed by atoms with E-state index in [0.29, 0.717) is 6.04 Å². The lowest BCUT2D eigenvalue weighted by Crippen LogP contribution is -2.22. The molecular formula is C17H21NO. The third-order valence-corrected chi connectivity index (χ3v) is 3.40. The van der Waals surface area contributed by atoms with Gasteiger partial charge in [0.2, 0.25) is 0 Å². The van der Waals surface area contributed by atoms with Crippen LogP contribution in [0.3, 0.4) is 0 Å². The van der Waals surface area contributed by atoms with Gasteiger partial charge in [0.25, 0.3) is 0 Å². The summed E-state index contributed by atoms with van der Waals surface area (Å²) in [5.74, 6) is 0.907. The molecule has 2 nitrogen and oxygen atoms in total. The molecule has 0 aliphatic carbocycles. The molecule has 0 aromatic heterocycles. The normalized spacial score (nSPS) is 12.4. The van der Waals surface area contributed by atoms with Crippen molar-refractivity contribution in [2.45, 2.75) is 12.5 Å². The molecule has 1 atom stereocenters. The lowest BCUT2D eigenvalue weighted by Gasteiger charge is -2.25. The fourth-order valence-electron chi connectivity index (χ4n) is 2.26. The third kappa shape index (κ3) is 3.58. The van der Waals surface area contributed by atoms with Gasteiger partial charge in [-0.2, -0.15) is 0 Å². The lowest BCUT2D eigenvalue weighted by molar-refractivity contribution is 0.297. The summed E-state index contributed by atoms with van der Waals surface area (Å²) >= 11 is 0. The lowest BCUT2D eigenvalue weighted by atomic mass is 9.98. The maximum Gasteiger partial charge on any atom is 0.118 e. The zero-order valence-corrected chi connectivity index (χ0v) is 11.8. The summed E-state index contributed by atoms with van der Waals surface area (Å²) in [5, 5.41) is 0. The first-order chi connectivity index (χ1) is 9.20. The van der Waals surface area contributed by atoms with Crippen LogP contribution >= 0.6 is 0 Å². The Morgan fingerprint density at radius 3 is 2.11 bits per heavy atom. The summed E-state index contributed by atoms with van der Waals surface area (Å²) in [6.07, 6.45) is 1.00. The van der Waals surface area contributed by atoms with E-state index < -0.39 is 0 Å². The van der Waals surface area contributed by atoms with Crippen molar-refractivity contribution in [1.82, 2.24) is 4.90 Å². The summed E-state index contributed by atoms with van der Waals surface area (Å²) in [6.45, 7) is 0. The molecule has 1 unspecified atom stereocenters. The monoisotopic (exact) mass is 255 g/mol. The smallest absolute Gasteiger partial charge is 0.118 e. The summed E-state index contributed by atoms with van der Waals surface area (Å²) < 4.78 is 5.20. The number of hydrogen-bond acceptors (Lipinski definition) is 2. The van der Waals surface area contributed by atoms with Gasteiger partial charge in [-0.05, 0) is 43.8 Å². The second-order valence-corrected chi connectivity index (χ2v) is 4.94. The summed E-state index contributed by atoms with van der Waals surface area (Å²) in [6, 6.07) is 19.3. The predicted octanol–water partition coefficient (Wildman–Crippen LogP) is 3.54. The fraction of sp³-hybridized carbons (Fsp3) is 0.294. The molecule has 0 heterocycles. The highest BCUT2D eigenvalue weighted by molar-refractivity contribution is 5.29. The van der Waals surface area contributed by atoms with Crippen molar-refractivity contribution >= 4 is 0 Å². The predicted molar refractivity (Wildman–Crippen MR) is 79.6 cm³/mol. The van der Waals surface area contributed by atoms with Gasteiger partial charge >= 0.3 is 0 Å². The molecule has 0 amide bonds. The van der Waals surface area contributed by atoms with Gasteiger partial charge in [0.15, 0.2) is 0 Å². The Morgan fingerprint density at radius 2 is 1.58 bits per heavy atom. The highest BCUT2D eigenvalue weighted by Crippen LogP contribution is 2.23. The molecule has 0 aliphatic rings. The molecule has 0 aliphatic heterocycles. The molecule has 2 heteroatoms. The topological polar surface area (TPSA) is 12.5 Å². The summed E-state index contributed by atoms with van der Waals surface area (Å²) in [7, 11) is 5.95. The van der Waals surface area contributed by atoms with Gasteiger partial charge in [0.05, 0.1) is 7.11 Å². The Kier molecular flexibility index (Phi) is 4.58. The molecule has 0 spiro atoms. The van der Waals surface area contributed by atoms with Gasteiger partial charge < -0.3 is 9.64 Å². The molecule has 0 radical (unpaired) electrons. The molecule has 2 aromatic carbocycles. The standard InChI is InChI=1S/C17H21NO/c1-18(2)17(15-7-5-4-6-8-15)13-14-9-11-16(19-3)12-10-14/h4-12,17H,13H2,1-3H3. The second kappa shape index (κ2) is 6.39. The van der Waals surface area contributed by atoms with E-state index in [1.807, 2.05) is 12.1 Å². The SMILES string of the molecule is COc1ccc(CC(c2ccccc2)N(C)C)cc1. The molecule has 100 valence electrons. The van der Waals surface area contributed by atoms with Crippen LogP contribution in [0, 0.1) is 0 Å². The minimum Gasteiger partial charge on any atom is -0.497 e. The molecule has 0 saturated carbocycles. The highest BCUT2D eigenvalue weighted by atomic mass is 16.5. The van der Waals surface area contributed by atoms with Crippen LogP contribution in [0.25, 0.3) is 0 Å². The molecule has 0 N–H and O–H groups in total. The number of ether oxygens (including phenoxy) is 1. The van der Waals surface area contributed by atoms with Crippen LogP contribution in [0.4, 0.5) is 0 Å². The number of hydrogen-bond donors (Lipinski definition) is 0. The van der Waals surface area contributed by atoms with Crippen LogP contribution in [0.2, 0.25) is 0 Å². The number of rotatable bonds is 5. The second-order valence-electron chi connectivity index (χ2n) is 4.94. The Labute approximate surface area is 115 Å². The van der Waals surface area contributed by atoms with Crippen LogP contribution < -0.4 is 4.74 Å². The number of likely N-dealkylation sites (N-methyl/N-ethyl adjacent to an activating group) is 1. The van der Waals surface area contributed by atoms with Gasteiger partial charge in [-0.15, -0.1) is 0 Å². The Hall–Kier alpha value is -1.80. The first-order valence-electron chi connectivity index (χ1n) is 6.55. The Balaban J connectivity index is 2.17. The quantitative estimate of drug-likeness (QED) is 0.810. The van der Waals surface area contributed by atoms with E-state index in [1.165, 1.54) is 11.1 Å². The zero-order valence-electron chi connectivity index (χ0n) is 11.8. The molecule has 2 rings (SSSR count).